The Balaban J connectivity index is 2.15. The van der Waals surface area contributed by atoms with Crippen molar-refractivity contribution >= 4 is 28.6 Å². The van der Waals surface area contributed by atoms with Crippen molar-refractivity contribution in [1.29, 1.82) is 0 Å². The highest BCUT2D eigenvalue weighted by Gasteiger charge is 2.16. The third kappa shape index (κ3) is 2.55. The summed E-state index contributed by atoms with van der Waals surface area (Å²) in [4.78, 5) is 15.5. The lowest BCUT2D eigenvalue weighted by Crippen LogP contribution is -2.09. The standard InChI is InChI=1S/C15H11ClN2O3/c16-11-3-1-2-9(4-11)8-18-13(15(20)21)6-10-5-12(19)7-17-14(10)18/h1-7,19H,8H2,(H,20,21). The van der Waals surface area contributed by atoms with E-state index in [1.807, 2.05) is 12.1 Å². The Hall–Kier alpha value is -2.53. The number of carboxylic acids is 1. The van der Waals surface area contributed by atoms with Gasteiger partial charge in [0.1, 0.15) is 17.1 Å². The molecule has 2 aromatic heterocycles. The molecule has 2 heterocycles. The molecule has 21 heavy (non-hydrogen) atoms. The fourth-order valence-electron chi connectivity index (χ4n) is 2.29. The van der Waals surface area contributed by atoms with Gasteiger partial charge in [-0.2, -0.15) is 0 Å². The van der Waals surface area contributed by atoms with Crippen molar-refractivity contribution < 1.29 is 15.0 Å². The van der Waals surface area contributed by atoms with E-state index in [0.717, 1.165) is 5.56 Å². The number of aromatic carboxylic acids is 1. The van der Waals surface area contributed by atoms with Gasteiger partial charge in [0.05, 0.1) is 6.20 Å². The second-order valence-electron chi connectivity index (χ2n) is 4.66. The van der Waals surface area contributed by atoms with Crippen LogP contribution in [0.1, 0.15) is 16.1 Å². The first-order valence-corrected chi connectivity index (χ1v) is 6.58. The molecule has 0 fully saturated rings. The topological polar surface area (TPSA) is 75.3 Å². The van der Waals surface area contributed by atoms with E-state index in [-0.39, 0.29) is 11.4 Å². The number of halogens is 1. The van der Waals surface area contributed by atoms with Crippen molar-refractivity contribution in [3.05, 3.63) is 58.9 Å². The van der Waals surface area contributed by atoms with Crippen LogP contribution in [0.15, 0.2) is 42.6 Å². The van der Waals surface area contributed by atoms with Gasteiger partial charge in [-0.05, 0) is 29.8 Å². The molecule has 3 rings (SSSR count). The molecule has 5 nitrogen and oxygen atoms in total. The Kier molecular flexibility index (Phi) is 3.27. The fourth-order valence-corrected chi connectivity index (χ4v) is 2.50. The predicted octanol–water partition coefficient (Wildman–Crippen LogP) is 3.14. The predicted molar refractivity (Wildman–Crippen MR) is 78.9 cm³/mol. The smallest absolute Gasteiger partial charge is 0.352 e. The normalized spacial score (nSPS) is 10.9. The van der Waals surface area contributed by atoms with Crippen LogP contribution in [0.5, 0.6) is 5.75 Å². The summed E-state index contributed by atoms with van der Waals surface area (Å²) in [5.74, 6) is -1.05. The van der Waals surface area contributed by atoms with Crippen LogP contribution in [-0.2, 0) is 6.54 Å². The Morgan fingerprint density at radius 2 is 2.10 bits per heavy atom. The van der Waals surface area contributed by atoms with E-state index in [9.17, 15) is 15.0 Å². The number of aromatic hydroxyl groups is 1. The number of hydrogen-bond donors (Lipinski definition) is 2. The monoisotopic (exact) mass is 302 g/mol. The van der Waals surface area contributed by atoms with E-state index >= 15 is 0 Å². The van der Waals surface area contributed by atoms with Gasteiger partial charge >= 0.3 is 5.97 Å². The summed E-state index contributed by atoms with van der Waals surface area (Å²) in [6.07, 6.45) is 1.29. The van der Waals surface area contributed by atoms with Gasteiger partial charge in [-0.25, -0.2) is 9.78 Å². The molecule has 3 aromatic rings. The van der Waals surface area contributed by atoms with E-state index in [1.54, 1.807) is 16.7 Å². The molecule has 0 saturated carbocycles. The zero-order valence-electron chi connectivity index (χ0n) is 10.8. The highest BCUT2D eigenvalue weighted by molar-refractivity contribution is 6.30. The minimum atomic E-state index is -1.05. The summed E-state index contributed by atoms with van der Waals surface area (Å²) < 4.78 is 1.59. The molecule has 0 radical (unpaired) electrons. The number of rotatable bonds is 3. The van der Waals surface area contributed by atoms with Crippen molar-refractivity contribution in [1.82, 2.24) is 9.55 Å². The summed E-state index contributed by atoms with van der Waals surface area (Å²) >= 11 is 5.95. The van der Waals surface area contributed by atoms with Crippen molar-refractivity contribution in [2.45, 2.75) is 6.54 Å². The molecule has 0 aliphatic rings. The third-order valence-electron chi connectivity index (χ3n) is 3.17. The Bertz CT molecular complexity index is 842. The lowest BCUT2D eigenvalue weighted by atomic mass is 10.2. The van der Waals surface area contributed by atoms with Crippen LogP contribution in [-0.4, -0.2) is 25.7 Å². The van der Waals surface area contributed by atoms with Crippen LogP contribution in [0.25, 0.3) is 11.0 Å². The van der Waals surface area contributed by atoms with E-state index in [0.29, 0.717) is 22.6 Å². The van der Waals surface area contributed by atoms with E-state index in [2.05, 4.69) is 4.98 Å². The first-order valence-electron chi connectivity index (χ1n) is 6.20. The van der Waals surface area contributed by atoms with Crippen LogP contribution in [0, 0.1) is 0 Å². The van der Waals surface area contributed by atoms with Crippen LogP contribution in [0.3, 0.4) is 0 Å². The number of nitrogens with zero attached hydrogens (tertiary/aromatic N) is 2. The molecule has 0 amide bonds. The molecule has 1 aromatic carbocycles. The quantitative estimate of drug-likeness (QED) is 0.779. The van der Waals surface area contributed by atoms with Crippen LogP contribution < -0.4 is 0 Å². The lowest BCUT2D eigenvalue weighted by Gasteiger charge is -2.08. The van der Waals surface area contributed by atoms with Crippen LogP contribution in [0.2, 0.25) is 5.02 Å². The van der Waals surface area contributed by atoms with Gasteiger partial charge in [-0.1, -0.05) is 23.7 Å². The first-order chi connectivity index (χ1) is 10.0. The highest BCUT2D eigenvalue weighted by atomic mass is 35.5. The van der Waals surface area contributed by atoms with E-state index in [4.69, 9.17) is 11.6 Å². The molecule has 0 bridgehead atoms. The van der Waals surface area contributed by atoms with Gasteiger partial charge in [-0.3, -0.25) is 0 Å². The van der Waals surface area contributed by atoms with E-state index in [1.165, 1.54) is 18.3 Å². The maximum absolute atomic E-state index is 11.4. The van der Waals surface area contributed by atoms with Gasteiger partial charge in [0.25, 0.3) is 0 Å². The van der Waals surface area contributed by atoms with Gasteiger partial charge in [0.2, 0.25) is 0 Å². The molecule has 0 aliphatic heterocycles. The lowest BCUT2D eigenvalue weighted by molar-refractivity contribution is 0.0686. The number of hydrogen-bond acceptors (Lipinski definition) is 3. The van der Waals surface area contributed by atoms with Crippen molar-refractivity contribution in [2.24, 2.45) is 0 Å². The SMILES string of the molecule is O=C(O)c1cc2cc(O)cnc2n1Cc1cccc(Cl)c1. The minimum Gasteiger partial charge on any atom is -0.506 e. The maximum atomic E-state index is 11.4. The number of pyridine rings is 1. The summed E-state index contributed by atoms with van der Waals surface area (Å²) in [5, 5.41) is 20.0. The zero-order valence-corrected chi connectivity index (χ0v) is 11.6. The van der Waals surface area contributed by atoms with Gasteiger partial charge in [-0.15, -0.1) is 0 Å². The molecule has 0 atom stereocenters. The average molecular weight is 303 g/mol. The number of aromatic nitrogens is 2. The molecule has 6 heteroatoms. The molecule has 0 saturated heterocycles. The summed E-state index contributed by atoms with van der Waals surface area (Å²) in [7, 11) is 0. The molecule has 0 unspecified atom stereocenters. The molecule has 0 aliphatic carbocycles. The maximum Gasteiger partial charge on any atom is 0.352 e. The van der Waals surface area contributed by atoms with Crippen LogP contribution >= 0.6 is 11.6 Å². The summed E-state index contributed by atoms with van der Waals surface area (Å²) in [5.41, 5.74) is 1.49. The molecule has 2 N–H and O–H groups in total. The van der Waals surface area contributed by atoms with E-state index < -0.39 is 5.97 Å². The number of benzene rings is 1. The minimum absolute atomic E-state index is 0.000607. The zero-order chi connectivity index (χ0) is 15.0. The van der Waals surface area contributed by atoms with Gasteiger partial charge in [0, 0.05) is 17.0 Å². The molecular weight excluding hydrogens is 292 g/mol. The first kappa shape index (κ1) is 13.5. The Morgan fingerprint density at radius 1 is 1.29 bits per heavy atom. The van der Waals surface area contributed by atoms with Crippen molar-refractivity contribution in [3.63, 3.8) is 0 Å². The second kappa shape index (κ2) is 5.10. The molecule has 106 valence electrons. The van der Waals surface area contributed by atoms with Crippen molar-refractivity contribution in [3.8, 4) is 5.75 Å². The fraction of sp³-hybridized carbons (Fsp3) is 0.0667. The van der Waals surface area contributed by atoms with Gasteiger partial charge < -0.3 is 14.8 Å². The molecular formula is C15H11ClN2O3. The number of carbonyl (C=O) groups is 1. The average Bonchev–Trinajstić information content (AvgIpc) is 2.77. The highest BCUT2D eigenvalue weighted by Crippen LogP contribution is 2.23. The molecule has 0 spiro atoms. The number of fused-ring (bicyclic) bond motifs is 1. The third-order valence-corrected chi connectivity index (χ3v) is 3.40. The largest absolute Gasteiger partial charge is 0.506 e. The Labute approximate surface area is 125 Å². The summed E-state index contributed by atoms with van der Waals surface area (Å²) in [6, 6.07) is 10.2. The van der Waals surface area contributed by atoms with Crippen molar-refractivity contribution in [2.75, 3.05) is 0 Å². The summed E-state index contributed by atoms with van der Waals surface area (Å²) in [6.45, 7) is 0.337. The Morgan fingerprint density at radius 3 is 2.81 bits per heavy atom. The van der Waals surface area contributed by atoms with Gasteiger partial charge in [0.15, 0.2) is 0 Å². The number of carboxylic acid groups (broad SMARTS) is 1. The second-order valence-corrected chi connectivity index (χ2v) is 5.09. The van der Waals surface area contributed by atoms with Crippen LogP contribution in [0.4, 0.5) is 0 Å².